The van der Waals surface area contributed by atoms with Gasteiger partial charge < -0.3 is 10.1 Å². The summed E-state index contributed by atoms with van der Waals surface area (Å²) in [5.74, 6) is -1.30. The number of amides is 3. The number of carbonyl (C=O) groups is 3. The molecule has 1 heterocycles. The van der Waals surface area contributed by atoms with E-state index in [4.69, 9.17) is 4.74 Å². The number of urea groups is 1. The summed E-state index contributed by atoms with van der Waals surface area (Å²) >= 11 is 1.31. The van der Waals surface area contributed by atoms with E-state index in [1.807, 2.05) is 0 Å². The van der Waals surface area contributed by atoms with Crippen molar-refractivity contribution in [1.82, 2.24) is 15.6 Å². The van der Waals surface area contributed by atoms with Crippen LogP contribution in [0.15, 0.2) is 23.4 Å². The molecule has 0 spiro atoms. The summed E-state index contributed by atoms with van der Waals surface area (Å²) in [4.78, 5) is 40.2. The molecule has 1 aromatic heterocycles. The van der Waals surface area contributed by atoms with Gasteiger partial charge in [-0.2, -0.15) is 0 Å². The van der Waals surface area contributed by atoms with E-state index in [1.165, 1.54) is 25.1 Å². The molecule has 2 rings (SSSR count). The van der Waals surface area contributed by atoms with Crippen molar-refractivity contribution in [3.63, 3.8) is 0 Å². The van der Waals surface area contributed by atoms with Crippen molar-refractivity contribution >= 4 is 29.7 Å². The molecular weight excluding hydrogens is 342 g/mol. The topological polar surface area (TPSA) is 97.4 Å². The van der Waals surface area contributed by atoms with Crippen molar-refractivity contribution in [1.29, 1.82) is 0 Å². The van der Waals surface area contributed by atoms with Crippen molar-refractivity contribution < 1.29 is 19.1 Å². The summed E-state index contributed by atoms with van der Waals surface area (Å²) in [5.41, 5.74) is 0.293. The summed E-state index contributed by atoms with van der Waals surface area (Å²) < 4.78 is 5.15. The van der Waals surface area contributed by atoms with E-state index in [-0.39, 0.29) is 6.04 Å². The number of pyridine rings is 1. The van der Waals surface area contributed by atoms with Crippen LogP contribution in [0.4, 0.5) is 4.79 Å². The Balaban J connectivity index is 1.84. The van der Waals surface area contributed by atoms with Gasteiger partial charge >= 0.3 is 12.0 Å². The lowest BCUT2D eigenvalue weighted by atomic mass is 9.96. The fraction of sp³-hybridized carbons (Fsp3) is 0.529. The third-order valence-electron chi connectivity index (χ3n) is 4.01. The van der Waals surface area contributed by atoms with E-state index in [9.17, 15) is 14.4 Å². The predicted octanol–water partition coefficient (Wildman–Crippen LogP) is 2.51. The smallest absolute Gasteiger partial charge is 0.341 e. The number of esters is 1. The van der Waals surface area contributed by atoms with Gasteiger partial charge in [-0.3, -0.25) is 10.1 Å². The number of hydrogen-bond acceptors (Lipinski definition) is 6. The molecule has 8 heteroatoms. The van der Waals surface area contributed by atoms with Crippen LogP contribution in [0.1, 0.15) is 49.4 Å². The van der Waals surface area contributed by atoms with E-state index in [0.29, 0.717) is 10.6 Å². The second kappa shape index (κ2) is 9.41. The van der Waals surface area contributed by atoms with Gasteiger partial charge in [0.15, 0.2) is 6.10 Å². The van der Waals surface area contributed by atoms with Crippen LogP contribution in [0, 0.1) is 0 Å². The van der Waals surface area contributed by atoms with Gasteiger partial charge in [0, 0.05) is 12.2 Å². The van der Waals surface area contributed by atoms with E-state index in [0.717, 1.165) is 25.7 Å². The van der Waals surface area contributed by atoms with Crippen molar-refractivity contribution in [2.45, 2.75) is 56.2 Å². The van der Waals surface area contributed by atoms with Gasteiger partial charge in [-0.25, -0.2) is 14.6 Å². The molecule has 0 radical (unpaired) electrons. The van der Waals surface area contributed by atoms with E-state index < -0.39 is 24.0 Å². The van der Waals surface area contributed by atoms with Gasteiger partial charge in [0.1, 0.15) is 5.03 Å². The van der Waals surface area contributed by atoms with Crippen molar-refractivity contribution in [2.24, 2.45) is 0 Å². The highest BCUT2D eigenvalue weighted by atomic mass is 32.2. The first kappa shape index (κ1) is 19.2. The van der Waals surface area contributed by atoms with Crippen LogP contribution in [0.3, 0.4) is 0 Å². The first-order valence-corrected chi connectivity index (χ1v) is 9.55. The Kier molecular flexibility index (Phi) is 7.24. The molecule has 1 aromatic rings. The molecule has 1 fully saturated rings. The minimum atomic E-state index is -1.08. The second-order valence-electron chi connectivity index (χ2n) is 5.91. The largest absolute Gasteiger partial charge is 0.449 e. The lowest BCUT2D eigenvalue weighted by molar-refractivity contribution is -0.127. The highest BCUT2D eigenvalue weighted by molar-refractivity contribution is 7.98. The number of aromatic nitrogens is 1. The zero-order chi connectivity index (χ0) is 18.2. The fourth-order valence-corrected chi connectivity index (χ4v) is 3.21. The summed E-state index contributed by atoms with van der Waals surface area (Å²) in [5, 5.41) is 5.53. The average Bonchev–Trinajstić information content (AvgIpc) is 2.62. The Morgan fingerprint density at radius 3 is 2.68 bits per heavy atom. The molecule has 1 aliphatic rings. The first-order chi connectivity index (χ1) is 12.0. The molecule has 25 heavy (non-hydrogen) atoms. The summed E-state index contributed by atoms with van der Waals surface area (Å²) in [6, 6.07) is 2.75. The quantitative estimate of drug-likeness (QED) is 0.615. The monoisotopic (exact) mass is 365 g/mol. The Hall–Kier alpha value is -2.09. The van der Waals surface area contributed by atoms with Crippen LogP contribution < -0.4 is 10.6 Å². The number of imide groups is 1. The second-order valence-corrected chi connectivity index (χ2v) is 6.70. The molecule has 1 aliphatic carbocycles. The highest BCUT2D eigenvalue weighted by Gasteiger charge is 2.23. The van der Waals surface area contributed by atoms with Gasteiger partial charge in [-0.1, -0.05) is 19.3 Å². The average molecular weight is 365 g/mol. The summed E-state index contributed by atoms with van der Waals surface area (Å²) in [7, 11) is 0. The van der Waals surface area contributed by atoms with Gasteiger partial charge in [0.05, 0.1) is 5.56 Å². The number of hydrogen-bond donors (Lipinski definition) is 2. The molecule has 7 nitrogen and oxygen atoms in total. The van der Waals surface area contributed by atoms with Crippen LogP contribution in [0.25, 0.3) is 0 Å². The Morgan fingerprint density at radius 2 is 2.00 bits per heavy atom. The molecule has 0 saturated heterocycles. The summed E-state index contributed by atoms with van der Waals surface area (Å²) in [6.45, 7) is 1.43. The normalized spacial score (nSPS) is 15.9. The van der Waals surface area contributed by atoms with Crippen LogP contribution >= 0.6 is 11.8 Å². The van der Waals surface area contributed by atoms with Crippen LogP contribution in [-0.2, 0) is 9.53 Å². The van der Waals surface area contributed by atoms with E-state index in [1.54, 1.807) is 24.6 Å². The minimum absolute atomic E-state index is 0.0962. The van der Waals surface area contributed by atoms with Crippen LogP contribution in [-0.4, -0.2) is 41.3 Å². The molecule has 136 valence electrons. The van der Waals surface area contributed by atoms with Gasteiger partial charge in [0.25, 0.3) is 5.91 Å². The molecule has 2 N–H and O–H groups in total. The molecular formula is C17H23N3O4S. The van der Waals surface area contributed by atoms with E-state index in [2.05, 4.69) is 15.6 Å². The molecule has 3 amide bonds. The van der Waals surface area contributed by atoms with Gasteiger partial charge in [-0.05, 0) is 38.2 Å². The third kappa shape index (κ3) is 5.74. The number of nitrogens with one attached hydrogen (secondary N) is 2. The predicted molar refractivity (Wildman–Crippen MR) is 94.4 cm³/mol. The lowest BCUT2D eigenvalue weighted by Crippen LogP contribution is -2.48. The van der Waals surface area contributed by atoms with E-state index >= 15 is 0 Å². The van der Waals surface area contributed by atoms with Crippen LogP contribution in [0.2, 0.25) is 0 Å². The Bertz CT molecular complexity index is 632. The molecule has 0 aliphatic heterocycles. The number of nitrogens with zero attached hydrogens (tertiary/aromatic N) is 1. The van der Waals surface area contributed by atoms with Crippen molar-refractivity contribution in [3.8, 4) is 0 Å². The number of rotatable bonds is 5. The molecule has 0 unspecified atom stereocenters. The number of thioether (sulfide) groups is 1. The Labute approximate surface area is 151 Å². The first-order valence-electron chi connectivity index (χ1n) is 8.32. The number of ether oxygens (including phenoxy) is 1. The molecule has 1 saturated carbocycles. The Morgan fingerprint density at radius 1 is 1.28 bits per heavy atom. The number of carbonyl (C=O) groups excluding carboxylic acids is 3. The molecule has 1 atom stereocenters. The standard InChI is InChI=1S/C17H23N3O4S/c1-11(24-16(22)13-9-6-10-18-15(13)25-2)14(21)20-17(23)19-12-7-4-3-5-8-12/h6,9-12H,3-5,7-8H2,1-2H3,(H2,19,20,21,23)/t11-/m0/s1. The fourth-order valence-electron chi connectivity index (χ4n) is 2.67. The molecule has 0 aromatic carbocycles. The SMILES string of the molecule is CSc1ncccc1C(=O)O[C@@H](C)C(=O)NC(=O)NC1CCCCC1. The zero-order valence-corrected chi connectivity index (χ0v) is 15.2. The maximum Gasteiger partial charge on any atom is 0.341 e. The van der Waals surface area contributed by atoms with Crippen LogP contribution in [0.5, 0.6) is 0 Å². The van der Waals surface area contributed by atoms with Crippen molar-refractivity contribution in [2.75, 3.05) is 6.26 Å². The third-order valence-corrected chi connectivity index (χ3v) is 4.73. The zero-order valence-electron chi connectivity index (χ0n) is 14.4. The summed E-state index contributed by atoms with van der Waals surface area (Å²) in [6.07, 6.45) is 7.47. The van der Waals surface area contributed by atoms with Gasteiger partial charge in [-0.15, -0.1) is 11.8 Å². The molecule has 0 bridgehead atoms. The highest BCUT2D eigenvalue weighted by Crippen LogP contribution is 2.18. The maximum atomic E-state index is 12.2. The maximum absolute atomic E-state index is 12.2. The minimum Gasteiger partial charge on any atom is -0.449 e. The van der Waals surface area contributed by atoms with Gasteiger partial charge in [0.2, 0.25) is 0 Å². The lowest BCUT2D eigenvalue weighted by Gasteiger charge is -2.23. The van der Waals surface area contributed by atoms with Crippen molar-refractivity contribution in [3.05, 3.63) is 23.9 Å².